The highest BCUT2D eigenvalue weighted by molar-refractivity contribution is 6.30. The number of aryl methyl sites for hydroxylation is 1. The lowest BCUT2D eigenvalue weighted by molar-refractivity contribution is 0.630. The molecule has 112 valence electrons. The van der Waals surface area contributed by atoms with Crippen LogP contribution in [0.4, 0.5) is 0 Å². The average Bonchev–Trinajstić information content (AvgIpc) is 2.44. The van der Waals surface area contributed by atoms with Crippen molar-refractivity contribution in [1.82, 2.24) is 5.32 Å². The second kappa shape index (κ2) is 7.11. The van der Waals surface area contributed by atoms with Gasteiger partial charge < -0.3 is 5.32 Å². The van der Waals surface area contributed by atoms with Gasteiger partial charge in [0.1, 0.15) is 0 Å². The third-order valence-corrected chi connectivity index (χ3v) is 3.96. The Hall–Kier alpha value is -1.31. The summed E-state index contributed by atoms with van der Waals surface area (Å²) in [5.41, 5.74) is 5.07. The van der Waals surface area contributed by atoms with Crippen molar-refractivity contribution in [2.45, 2.75) is 39.7 Å². The quantitative estimate of drug-likeness (QED) is 0.772. The van der Waals surface area contributed by atoms with Gasteiger partial charge in [-0.2, -0.15) is 0 Å². The molecule has 2 aromatic rings. The van der Waals surface area contributed by atoms with Crippen LogP contribution in [-0.2, 0) is 0 Å². The molecule has 0 saturated carbocycles. The Balaban J connectivity index is 2.38. The molecule has 2 heteroatoms. The molecule has 21 heavy (non-hydrogen) atoms. The predicted octanol–water partition coefficient (Wildman–Crippen LogP) is 5.47. The van der Waals surface area contributed by atoms with Gasteiger partial charge in [0.05, 0.1) is 6.04 Å². The zero-order chi connectivity index (χ0) is 15.4. The van der Waals surface area contributed by atoms with Crippen molar-refractivity contribution < 1.29 is 0 Å². The Kier molecular flexibility index (Phi) is 5.44. The lowest BCUT2D eigenvalue weighted by atomic mass is 9.94. The topological polar surface area (TPSA) is 12.0 Å². The maximum Gasteiger partial charge on any atom is 0.0577 e. The molecule has 1 nitrogen and oxygen atoms in total. The van der Waals surface area contributed by atoms with Crippen molar-refractivity contribution in [2.24, 2.45) is 0 Å². The van der Waals surface area contributed by atoms with Crippen LogP contribution >= 0.6 is 11.6 Å². The normalized spacial score (nSPS) is 12.7. The van der Waals surface area contributed by atoms with E-state index in [9.17, 15) is 0 Å². The molecule has 2 aromatic carbocycles. The molecule has 1 unspecified atom stereocenters. The minimum absolute atomic E-state index is 0.189. The van der Waals surface area contributed by atoms with Crippen LogP contribution in [0.1, 0.15) is 55.0 Å². The number of halogens is 1. The molecule has 0 aliphatic carbocycles. The smallest absolute Gasteiger partial charge is 0.0577 e. The predicted molar refractivity (Wildman–Crippen MR) is 92.2 cm³/mol. The lowest BCUT2D eigenvalue weighted by Gasteiger charge is -2.20. The van der Waals surface area contributed by atoms with Crippen LogP contribution in [0.3, 0.4) is 0 Å². The van der Waals surface area contributed by atoms with Crippen molar-refractivity contribution in [1.29, 1.82) is 0 Å². The summed E-state index contributed by atoms with van der Waals surface area (Å²) >= 11 is 6.22. The van der Waals surface area contributed by atoms with E-state index < -0.39 is 0 Å². The summed E-state index contributed by atoms with van der Waals surface area (Å²) in [6.07, 6.45) is 0. The van der Waals surface area contributed by atoms with E-state index in [-0.39, 0.29) is 6.04 Å². The lowest BCUT2D eigenvalue weighted by Crippen LogP contribution is -2.22. The van der Waals surface area contributed by atoms with Gasteiger partial charge in [-0.1, -0.05) is 62.7 Å². The Bertz CT molecular complexity index is 567. The van der Waals surface area contributed by atoms with Gasteiger partial charge >= 0.3 is 0 Å². The van der Waals surface area contributed by atoms with Crippen molar-refractivity contribution in [2.75, 3.05) is 6.54 Å². The zero-order valence-electron chi connectivity index (χ0n) is 13.3. The summed E-state index contributed by atoms with van der Waals surface area (Å²) in [4.78, 5) is 0. The number of hydrogen-bond acceptors (Lipinski definition) is 1. The third-order valence-electron chi connectivity index (χ3n) is 3.74. The number of rotatable bonds is 5. The van der Waals surface area contributed by atoms with E-state index in [2.05, 4.69) is 69.4 Å². The first-order chi connectivity index (χ1) is 10.0. The molecular formula is C19H24ClN. The van der Waals surface area contributed by atoms with Crippen molar-refractivity contribution in [3.05, 3.63) is 69.7 Å². The van der Waals surface area contributed by atoms with Gasteiger partial charge in [-0.3, -0.25) is 0 Å². The van der Waals surface area contributed by atoms with Crippen LogP contribution in [0.15, 0.2) is 42.5 Å². The molecule has 0 fully saturated rings. The Labute approximate surface area is 133 Å². The van der Waals surface area contributed by atoms with Crippen LogP contribution in [0.5, 0.6) is 0 Å². The molecule has 0 bridgehead atoms. The Morgan fingerprint density at radius 1 is 0.952 bits per heavy atom. The Morgan fingerprint density at radius 3 is 2.10 bits per heavy atom. The van der Waals surface area contributed by atoms with Crippen LogP contribution in [0.2, 0.25) is 5.02 Å². The summed E-state index contributed by atoms with van der Waals surface area (Å²) < 4.78 is 0. The summed E-state index contributed by atoms with van der Waals surface area (Å²) in [7, 11) is 0. The van der Waals surface area contributed by atoms with Gasteiger partial charge in [0.15, 0.2) is 0 Å². The summed E-state index contributed by atoms with van der Waals surface area (Å²) in [6, 6.07) is 15.3. The molecular weight excluding hydrogens is 278 g/mol. The highest BCUT2D eigenvalue weighted by Crippen LogP contribution is 2.27. The molecule has 2 rings (SSSR count). The van der Waals surface area contributed by atoms with E-state index in [1.165, 1.54) is 22.3 Å². The number of hydrogen-bond donors (Lipinski definition) is 1. The molecule has 0 aromatic heterocycles. The van der Waals surface area contributed by atoms with Gasteiger partial charge in [0.25, 0.3) is 0 Å². The third kappa shape index (κ3) is 4.09. The first-order valence-corrected chi connectivity index (χ1v) is 7.99. The van der Waals surface area contributed by atoms with Crippen molar-refractivity contribution in [3.63, 3.8) is 0 Å². The monoisotopic (exact) mass is 301 g/mol. The summed E-state index contributed by atoms with van der Waals surface area (Å²) in [5, 5.41) is 4.36. The minimum Gasteiger partial charge on any atom is -0.307 e. The van der Waals surface area contributed by atoms with Crippen LogP contribution in [0, 0.1) is 6.92 Å². The number of benzene rings is 2. The number of nitrogens with one attached hydrogen (secondary N) is 1. The standard InChI is InChI=1S/C19H24ClN/c1-5-21-19(17-10-14(4)11-18(20)12-17)16-8-6-15(7-9-16)13(2)3/h6-13,19,21H,5H2,1-4H3. The molecule has 0 aliphatic heterocycles. The largest absolute Gasteiger partial charge is 0.307 e. The van der Waals surface area contributed by atoms with E-state index in [1.807, 2.05) is 6.07 Å². The van der Waals surface area contributed by atoms with E-state index in [0.717, 1.165) is 11.6 Å². The summed E-state index contributed by atoms with van der Waals surface area (Å²) in [6.45, 7) is 9.57. The maximum atomic E-state index is 6.22. The zero-order valence-corrected chi connectivity index (χ0v) is 14.0. The molecule has 0 aliphatic rings. The van der Waals surface area contributed by atoms with Gasteiger partial charge in [-0.25, -0.2) is 0 Å². The van der Waals surface area contributed by atoms with Gasteiger partial charge in [-0.05, 0) is 53.8 Å². The molecule has 0 spiro atoms. The van der Waals surface area contributed by atoms with Crippen molar-refractivity contribution in [3.8, 4) is 0 Å². The highest BCUT2D eigenvalue weighted by Gasteiger charge is 2.14. The Morgan fingerprint density at radius 2 is 1.57 bits per heavy atom. The first-order valence-electron chi connectivity index (χ1n) is 7.61. The molecule has 0 heterocycles. The van der Waals surface area contributed by atoms with Crippen molar-refractivity contribution >= 4 is 11.6 Å². The van der Waals surface area contributed by atoms with E-state index in [4.69, 9.17) is 11.6 Å². The molecule has 0 amide bonds. The minimum atomic E-state index is 0.189. The fourth-order valence-corrected chi connectivity index (χ4v) is 2.94. The molecule has 0 radical (unpaired) electrons. The first kappa shape index (κ1) is 16.1. The van der Waals surface area contributed by atoms with Gasteiger partial charge in [0, 0.05) is 5.02 Å². The van der Waals surface area contributed by atoms with Crippen LogP contribution in [0.25, 0.3) is 0 Å². The fraction of sp³-hybridized carbons (Fsp3) is 0.368. The maximum absolute atomic E-state index is 6.22. The molecule has 1 N–H and O–H groups in total. The van der Waals surface area contributed by atoms with E-state index in [1.54, 1.807) is 0 Å². The molecule has 0 saturated heterocycles. The van der Waals surface area contributed by atoms with E-state index >= 15 is 0 Å². The van der Waals surface area contributed by atoms with E-state index in [0.29, 0.717) is 5.92 Å². The second-order valence-electron chi connectivity index (χ2n) is 5.87. The molecule has 1 atom stereocenters. The van der Waals surface area contributed by atoms with Gasteiger partial charge in [0.2, 0.25) is 0 Å². The average molecular weight is 302 g/mol. The summed E-state index contributed by atoms with van der Waals surface area (Å²) in [5.74, 6) is 0.560. The highest BCUT2D eigenvalue weighted by atomic mass is 35.5. The fourth-order valence-electron chi connectivity index (χ4n) is 2.64. The SMILES string of the molecule is CCNC(c1ccc(C(C)C)cc1)c1cc(C)cc(Cl)c1. The second-order valence-corrected chi connectivity index (χ2v) is 6.31. The van der Waals surface area contributed by atoms with Crippen LogP contribution in [-0.4, -0.2) is 6.54 Å². The van der Waals surface area contributed by atoms with Crippen LogP contribution < -0.4 is 5.32 Å². The van der Waals surface area contributed by atoms with Gasteiger partial charge in [-0.15, -0.1) is 0 Å².